The van der Waals surface area contributed by atoms with E-state index in [2.05, 4.69) is 0 Å². The Labute approximate surface area is 172 Å². The second kappa shape index (κ2) is 9.17. The third kappa shape index (κ3) is 5.30. The van der Waals surface area contributed by atoms with Crippen molar-refractivity contribution >= 4 is 35.1 Å². The summed E-state index contributed by atoms with van der Waals surface area (Å²) in [5, 5.41) is 0.880. The molecule has 0 N–H and O–H groups in total. The highest BCUT2D eigenvalue weighted by molar-refractivity contribution is 6.42. The van der Waals surface area contributed by atoms with Crippen LogP contribution >= 0.6 is 23.2 Å². The van der Waals surface area contributed by atoms with Gasteiger partial charge in [-0.05, 0) is 41.8 Å². The molecule has 2 aromatic carbocycles. The summed E-state index contributed by atoms with van der Waals surface area (Å²) in [5.74, 6) is 0.628. The fraction of sp³-hybridized carbons (Fsp3) is 0.300. The monoisotopic (exact) mass is 423 g/mol. The van der Waals surface area contributed by atoms with Crippen molar-refractivity contribution in [1.29, 1.82) is 0 Å². The van der Waals surface area contributed by atoms with Crippen molar-refractivity contribution in [3.05, 3.63) is 57.6 Å². The largest absolute Gasteiger partial charge is 0.456 e. The average molecular weight is 424 g/mol. The van der Waals surface area contributed by atoms with E-state index in [1.165, 1.54) is 4.90 Å². The molecule has 0 atom stereocenters. The lowest BCUT2D eigenvalue weighted by Crippen LogP contribution is -2.30. The maximum Gasteiger partial charge on any atom is 0.306 e. The van der Waals surface area contributed by atoms with Crippen LogP contribution in [-0.4, -0.2) is 37.2 Å². The van der Waals surface area contributed by atoms with Crippen LogP contribution < -0.4 is 9.47 Å². The van der Waals surface area contributed by atoms with Crippen molar-refractivity contribution < 1.29 is 23.8 Å². The Morgan fingerprint density at radius 2 is 1.79 bits per heavy atom. The molecule has 28 heavy (non-hydrogen) atoms. The summed E-state index contributed by atoms with van der Waals surface area (Å²) in [7, 11) is 1.63. The first-order valence-corrected chi connectivity index (χ1v) is 9.40. The minimum absolute atomic E-state index is 0.170. The Balaban J connectivity index is 1.42. The molecule has 3 rings (SSSR count). The fourth-order valence-electron chi connectivity index (χ4n) is 2.67. The third-order valence-corrected chi connectivity index (χ3v) is 4.98. The molecule has 0 aromatic heterocycles. The summed E-state index contributed by atoms with van der Waals surface area (Å²) in [5.41, 5.74) is 1.77. The molecule has 1 heterocycles. The average Bonchev–Trinajstić information content (AvgIpc) is 3.15. The van der Waals surface area contributed by atoms with Crippen molar-refractivity contribution in [2.45, 2.75) is 19.4 Å². The van der Waals surface area contributed by atoms with E-state index in [0.29, 0.717) is 34.5 Å². The van der Waals surface area contributed by atoms with Gasteiger partial charge in [-0.15, -0.1) is 0 Å². The minimum atomic E-state index is -0.436. The number of esters is 1. The summed E-state index contributed by atoms with van der Waals surface area (Å²) < 4.78 is 15.6. The Morgan fingerprint density at radius 1 is 1.04 bits per heavy atom. The van der Waals surface area contributed by atoms with Gasteiger partial charge < -0.3 is 19.1 Å². The second-order valence-corrected chi connectivity index (χ2v) is 7.16. The first-order valence-electron chi connectivity index (χ1n) is 8.64. The van der Waals surface area contributed by atoms with Gasteiger partial charge in [0, 0.05) is 20.0 Å². The molecule has 0 saturated heterocycles. The Morgan fingerprint density at radius 3 is 2.57 bits per heavy atom. The van der Waals surface area contributed by atoms with Crippen LogP contribution in [0.5, 0.6) is 11.5 Å². The number of likely N-dealkylation sites (N-methyl/N-ethyl adjacent to an activating group) is 1. The predicted octanol–water partition coefficient (Wildman–Crippen LogP) is 3.86. The molecule has 8 heteroatoms. The fourth-order valence-corrected chi connectivity index (χ4v) is 2.99. The number of halogens is 2. The lowest BCUT2D eigenvalue weighted by molar-refractivity contribution is -0.151. The zero-order chi connectivity index (χ0) is 20.1. The first kappa shape index (κ1) is 20.3. The minimum Gasteiger partial charge on any atom is -0.456 e. The van der Waals surface area contributed by atoms with Crippen LogP contribution in [0.15, 0.2) is 36.4 Å². The molecule has 0 aliphatic carbocycles. The topological polar surface area (TPSA) is 65.1 Å². The molecule has 0 unspecified atom stereocenters. The SMILES string of the molecule is CN(Cc1ccc(Cl)c(Cl)c1)C(=O)COC(=O)CCc1ccc2c(c1)OCO2. The molecule has 0 radical (unpaired) electrons. The summed E-state index contributed by atoms with van der Waals surface area (Å²) >= 11 is 11.9. The number of ether oxygens (including phenoxy) is 3. The number of fused-ring (bicyclic) bond motifs is 1. The van der Waals surface area contributed by atoms with E-state index in [1.54, 1.807) is 25.2 Å². The van der Waals surface area contributed by atoms with Gasteiger partial charge in [-0.3, -0.25) is 9.59 Å². The van der Waals surface area contributed by atoms with Crippen molar-refractivity contribution in [1.82, 2.24) is 4.90 Å². The van der Waals surface area contributed by atoms with Gasteiger partial charge in [0.25, 0.3) is 5.91 Å². The number of benzene rings is 2. The first-order chi connectivity index (χ1) is 13.4. The number of aryl methyl sites for hydroxylation is 1. The Bertz CT molecular complexity index is 887. The number of carbonyl (C=O) groups is 2. The lowest BCUT2D eigenvalue weighted by atomic mass is 10.1. The van der Waals surface area contributed by atoms with Gasteiger partial charge in [0.2, 0.25) is 6.79 Å². The number of carbonyl (C=O) groups excluding carboxylic acids is 2. The molecule has 148 valence electrons. The van der Waals surface area contributed by atoms with Crippen LogP contribution in [0.4, 0.5) is 0 Å². The van der Waals surface area contributed by atoms with E-state index in [1.807, 2.05) is 18.2 Å². The standard InChI is InChI=1S/C20H19Cl2NO5/c1-23(10-14-2-5-15(21)16(22)8-14)19(24)11-26-20(25)7-4-13-3-6-17-18(9-13)28-12-27-17/h2-3,5-6,8-9H,4,7,10-12H2,1H3. The lowest BCUT2D eigenvalue weighted by Gasteiger charge is -2.17. The summed E-state index contributed by atoms with van der Waals surface area (Å²) in [6, 6.07) is 10.7. The molecular weight excluding hydrogens is 405 g/mol. The van der Waals surface area contributed by atoms with Gasteiger partial charge in [-0.25, -0.2) is 0 Å². The molecule has 1 aliphatic rings. The number of hydrogen-bond donors (Lipinski definition) is 0. The summed E-state index contributed by atoms with van der Waals surface area (Å²) in [6.45, 7) is 0.237. The molecule has 1 amide bonds. The molecule has 0 saturated carbocycles. The van der Waals surface area contributed by atoms with Gasteiger partial charge in [0.1, 0.15) is 0 Å². The van der Waals surface area contributed by atoms with Gasteiger partial charge in [-0.2, -0.15) is 0 Å². The number of rotatable bonds is 7. The Kier molecular flexibility index (Phi) is 6.65. The third-order valence-electron chi connectivity index (χ3n) is 4.24. The van der Waals surface area contributed by atoms with Crippen LogP contribution in [0.1, 0.15) is 17.5 Å². The van der Waals surface area contributed by atoms with Gasteiger partial charge in [-0.1, -0.05) is 35.3 Å². The van der Waals surface area contributed by atoms with Crippen molar-refractivity contribution in [3.63, 3.8) is 0 Å². The number of hydrogen-bond acceptors (Lipinski definition) is 5. The normalized spacial score (nSPS) is 12.0. The predicted molar refractivity (Wildman–Crippen MR) is 105 cm³/mol. The van der Waals surface area contributed by atoms with Crippen molar-refractivity contribution in [3.8, 4) is 11.5 Å². The van der Waals surface area contributed by atoms with Crippen molar-refractivity contribution in [2.24, 2.45) is 0 Å². The van der Waals surface area contributed by atoms with Crippen LogP contribution in [0.25, 0.3) is 0 Å². The summed E-state index contributed by atoms with van der Waals surface area (Å²) in [6.07, 6.45) is 0.659. The van der Waals surface area contributed by atoms with E-state index in [4.69, 9.17) is 37.4 Å². The highest BCUT2D eigenvalue weighted by atomic mass is 35.5. The van der Waals surface area contributed by atoms with E-state index >= 15 is 0 Å². The highest BCUT2D eigenvalue weighted by Gasteiger charge is 2.15. The van der Waals surface area contributed by atoms with E-state index in [9.17, 15) is 9.59 Å². The van der Waals surface area contributed by atoms with Gasteiger partial charge in [0.05, 0.1) is 10.0 Å². The molecule has 1 aliphatic heterocycles. The van der Waals surface area contributed by atoms with E-state index < -0.39 is 5.97 Å². The maximum atomic E-state index is 12.2. The summed E-state index contributed by atoms with van der Waals surface area (Å²) in [4.78, 5) is 25.6. The van der Waals surface area contributed by atoms with Crippen molar-refractivity contribution in [2.75, 3.05) is 20.4 Å². The zero-order valence-electron chi connectivity index (χ0n) is 15.2. The highest BCUT2D eigenvalue weighted by Crippen LogP contribution is 2.32. The molecule has 0 fully saturated rings. The maximum absolute atomic E-state index is 12.2. The quantitative estimate of drug-likeness (QED) is 0.632. The molecule has 6 nitrogen and oxygen atoms in total. The second-order valence-electron chi connectivity index (χ2n) is 6.35. The van der Waals surface area contributed by atoms with Crippen LogP contribution in [-0.2, 0) is 27.3 Å². The number of amides is 1. The zero-order valence-corrected chi connectivity index (χ0v) is 16.8. The van der Waals surface area contributed by atoms with Gasteiger partial charge >= 0.3 is 5.97 Å². The molecule has 0 bridgehead atoms. The Hall–Kier alpha value is -2.44. The molecule has 2 aromatic rings. The molecule has 0 spiro atoms. The van der Waals surface area contributed by atoms with E-state index in [-0.39, 0.29) is 25.7 Å². The van der Waals surface area contributed by atoms with Crippen LogP contribution in [0.3, 0.4) is 0 Å². The van der Waals surface area contributed by atoms with Gasteiger partial charge in [0.15, 0.2) is 18.1 Å². The number of nitrogens with zero attached hydrogens (tertiary/aromatic N) is 1. The van der Waals surface area contributed by atoms with Crippen LogP contribution in [0, 0.1) is 0 Å². The molecular formula is C20H19Cl2NO5. The van der Waals surface area contributed by atoms with E-state index in [0.717, 1.165) is 11.1 Å². The van der Waals surface area contributed by atoms with Crippen LogP contribution in [0.2, 0.25) is 10.0 Å². The smallest absolute Gasteiger partial charge is 0.306 e.